The van der Waals surface area contributed by atoms with Crippen molar-refractivity contribution in [3.8, 4) is 0 Å². The number of halogens is 1. The first-order chi connectivity index (χ1) is 11.7. The third-order valence-corrected chi connectivity index (χ3v) is 4.37. The quantitative estimate of drug-likeness (QED) is 0.676. The van der Waals surface area contributed by atoms with Gasteiger partial charge in [-0.3, -0.25) is 0 Å². The van der Waals surface area contributed by atoms with Gasteiger partial charge in [-0.15, -0.1) is 0 Å². The lowest BCUT2D eigenvalue weighted by atomic mass is 9.92. The topological polar surface area (TPSA) is 36.4 Å². The fourth-order valence-corrected chi connectivity index (χ4v) is 2.97. The molecule has 1 aromatic carbocycles. The zero-order valence-electron chi connectivity index (χ0n) is 16.2. The minimum Gasteiger partial charge on any atom is -0.347 e. The summed E-state index contributed by atoms with van der Waals surface area (Å²) in [6.07, 6.45) is 2.94. The van der Waals surface area contributed by atoms with Crippen LogP contribution < -0.4 is 10.6 Å². The van der Waals surface area contributed by atoms with Crippen molar-refractivity contribution in [1.29, 1.82) is 0 Å². The molecule has 0 radical (unpaired) electrons. The normalized spacial score (nSPS) is 15.9. The molecule has 136 valence electrons. The maximum Gasteiger partial charge on any atom is 0.125 e. The summed E-state index contributed by atoms with van der Waals surface area (Å²) in [5.74, 6) is 2.12. The van der Waals surface area contributed by atoms with E-state index in [4.69, 9.17) is 0 Å². The fraction of sp³-hybridized carbons (Fsp3) is 0.476. The molecule has 25 heavy (non-hydrogen) atoms. The Morgan fingerprint density at radius 3 is 2.08 bits per heavy atom. The number of aliphatic imine (C=N–C) groups is 1. The van der Waals surface area contributed by atoms with Crippen molar-refractivity contribution in [1.82, 2.24) is 5.32 Å². The molecule has 1 heterocycles. The highest BCUT2D eigenvalue weighted by atomic mass is 19.1. The fourth-order valence-electron chi connectivity index (χ4n) is 2.97. The molecule has 1 aliphatic heterocycles. The van der Waals surface area contributed by atoms with Crippen molar-refractivity contribution >= 4 is 11.5 Å². The van der Waals surface area contributed by atoms with Gasteiger partial charge in [0.15, 0.2) is 0 Å². The van der Waals surface area contributed by atoms with Gasteiger partial charge in [-0.2, -0.15) is 0 Å². The molecule has 0 spiro atoms. The molecule has 0 aliphatic carbocycles. The Balaban J connectivity index is 2.26. The van der Waals surface area contributed by atoms with Crippen molar-refractivity contribution < 1.29 is 4.39 Å². The molecule has 0 bridgehead atoms. The summed E-state index contributed by atoms with van der Waals surface area (Å²) in [5, 5.41) is 6.67. The third kappa shape index (κ3) is 4.71. The van der Waals surface area contributed by atoms with E-state index < -0.39 is 0 Å². The summed E-state index contributed by atoms with van der Waals surface area (Å²) in [6.45, 7) is 16.6. The van der Waals surface area contributed by atoms with Crippen LogP contribution >= 0.6 is 0 Å². The molecule has 0 amide bonds. The minimum absolute atomic E-state index is 0.196. The Morgan fingerprint density at radius 2 is 1.64 bits per heavy atom. The Hall–Kier alpha value is -2.10. The Kier molecular flexibility index (Phi) is 6.04. The number of nitrogens with zero attached hydrogens (tertiary/aromatic N) is 1. The highest BCUT2D eigenvalue weighted by Crippen LogP contribution is 2.34. The Bertz CT molecular complexity index is 683. The average molecular weight is 343 g/mol. The second-order valence-corrected chi connectivity index (χ2v) is 7.54. The lowest BCUT2D eigenvalue weighted by Crippen LogP contribution is -2.19. The van der Waals surface area contributed by atoms with E-state index in [1.165, 1.54) is 5.70 Å². The first-order valence-electron chi connectivity index (χ1n) is 9.03. The Morgan fingerprint density at radius 1 is 1.08 bits per heavy atom. The number of benzene rings is 1. The largest absolute Gasteiger partial charge is 0.347 e. The molecule has 1 aromatic rings. The van der Waals surface area contributed by atoms with Crippen LogP contribution in [0.15, 0.2) is 41.3 Å². The summed E-state index contributed by atoms with van der Waals surface area (Å²) < 4.78 is 14.0. The molecular weight excluding hydrogens is 313 g/mol. The van der Waals surface area contributed by atoms with Crippen LogP contribution in [0.4, 0.5) is 10.1 Å². The molecular formula is C21H30FN3. The molecule has 0 aromatic heterocycles. The van der Waals surface area contributed by atoms with E-state index in [-0.39, 0.29) is 17.7 Å². The molecule has 2 N–H and O–H groups in total. The van der Waals surface area contributed by atoms with Crippen LogP contribution in [0.25, 0.3) is 0 Å². The summed E-state index contributed by atoms with van der Waals surface area (Å²) in [5.41, 5.74) is 4.02. The van der Waals surface area contributed by atoms with Gasteiger partial charge in [0.2, 0.25) is 0 Å². The van der Waals surface area contributed by atoms with Crippen LogP contribution in [-0.2, 0) is 0 Å². The number of hydrogen-bond acceptors (Lipinski definition) is 2. The van der Waals surface area contributed by atoms with Gasteiger partial charge in [-0.1, -0.05) is 54.2 Å². The number of nitrogens with one attached hydrogen (secondary N) is 2. The van der Waals surface area contributed by atoms with Gasteiger partial charge < -0.3 is 10.6 Å². The van der Waals surface area contributed by atoms with Crippen LogP contribution in [-0.4, -0.2) is 5.84 Å². The molecule has 0 atom stereocenters. The SMILES string of the molecule is C=C(N=C1CC=C(C(C)C)N1)Nc1c(C(C)C)cc(F)cc1C(C)C. The van der Waals surface area contributed by atoms with Crippen molar-refractivity contribution in [2.24, 2.45) is 10.9 Å². The van der Waals surface area contributed by atoms with Crippen molar-refractivity contribution in [3.05, 3.63) is 53.2 Å². The number of allylic oxidation sites excluding steroid dienone is 1. The highest BCUT2D eigenvalue weighted by molar-refractivity contribution is 5.89. The van der Waals surface area contributed by atoms with Crippen molar-refractivity contribution in [2.75, 3.05) is 5.32 Å². The second kappa shape index (κ2) is 7.85. The standard InChI is InChI=1S/C21H30FN3/c1-12(2)17-10-16(22)11-18(13(3)4)21(17)24-15(7)23-20-9-8-19(25-20)14(5)6/h8,10-14,24H,7,9H2,1-6H3,(H,23,25). The predicted octanol–water partition coefficient (Wildman–Crippen LogP) is 5.89. The molecule has 3 nitrogen and oxygen atoms in total. The number of amidine groups is 1. The molecule has 0 unspecified atom stereocenters. The van der Waals surface area contributed by atoms with E-state index in [1.54, 1.807) is 12.1 Å². The number of anilines is 1. The van der Waals surface area contributed by atoms with Gasteiger partial charge in [0.25, 0.3) is 0 Å². The van der Waals surface area contributed by atoms with Gasteiger partial charge in [0.1, 0.15) is 17.5 Å². The zero-order chi connectivity index (χ0) is 18.7. The third-order valence-electron chi connectivity index (χ3n) is 4.37. The summed E-state index contributed by atoms with van der Waals surface area (Å²) in [7, 11) is 0. The lowest BCUT2D eigenvalue weighted by Gasteiger charge is -2.21. The maximum absolute atomic E-state index is 14.0. The van der Waals surface area contributed by atoms with Gasteiger partial charge >= 0.3 is 0 Å². The molecule has 0 saturated heterocycles. The van der Waals surface area contributed by atoms with Crippen molar-refractivity contribution in [3.63, 3.8) is 0 Å². The van der Waals surface area contributed by atoms with E-state index in [9.17, 15) is 4.39 Å². The van der Waals surface area contributed by atoms with Gasteiger partial charge in [0, 0.05) is 17.8 Å². The summed E-state index contributed by atoms with van der Waals surface area (Å²) in [4.78, 5) is 4.58. The number of rotatable bonds is 6. The maximum atomic E-state index is 14.0. The first-order valence-corrected chi connectivity index (χ1v) is 9.03. The zero-order valence-corrected chi connectivity index (χ0v) is 16.2. The van der Waals surface area contributed by atoms with Crippen LogP contribution in [0.5, 0.6) is 0 Å². The van der Waals surface area contributed by atoms with E-state index in [2.05, 4.69) is 69.8 Å². The smallest absolute Gasteiger partial charge is 0.125 e. The molecule has 0 saturated carbocycles. The molecule has 0 fully saturated rings. The summed E-state index contributed by atoms with van der Waals surface area (Å²) in [6, 6.07) is 3.21. The molecule has 2 rings (SSSR count). The second-order valence-electron chi connectivity index (χ2n) is 7.54. The van der Waals surface area contributed by atoms with E-state index in [0.29, 0.717) is 11.7 Å². The Labute approximate surface area is 151 Å². The van der Waals surface area contributed by atoms with Crippen LogP contribution in [0.3, 0.4) is 0 Å². The van der Waals surface area contributed by atoms with Crippen LogP contribution in [0, 0.1) is 11.7 Å². The first kappa shape index (κ1) is 19.2. The highest BCUT2D eigenvalue weighted by Gasteiger charge is 2.18. The molecule has 1 aliphatic rings. The van der Waals surface area contributed by atoms with E-state index in [0.717, 1.165) is 29.1 Å². The average Bonchev–Trinajstić information content (AvgIpc) is 2.96. The summed E-state index contributed by atoms with van der Waals surface area (Å²) >= 11 is 0. The number of hydrogen-bond donors (Lipinski definition) is 2. The van der Waals surface area contributed by atoms with Gasteiger partial charge in [-0.25, -0.2) is 9.38 Å². The molecule has 4 heteroatoms. The van der Waals surface area contributed by atoms with Crippen molar-refractivity contribution in [2.45, 2.75) is 59.8 Å². The van der Waals surface area contributed by atoms with Crippen LogP contribution in [0.1, 0.15) is 70.9 Å². The van der Waals surface area contributed by atoms with E-state index >= 15 is 0 Å². The van der Waals surface area contributed by atoms with Gasteiger partial charge in [-0.05, 0) is 41.0 Å². The monoisotopic (exact) mass is 343 g/mol. The lowest BCUT2D eigenvalue weighted by molar-refractivity contribution is 0.618. The predicted molar refractivity (Wildman–Crippen MR) is 105 cm³/mol. The minimum atomic E-state index is -0.196. The van der Waals surface area contributed by atoms with Crippen LogP contribution in [0.2, 0.25) is 0 Å². The van der Waals surface area contributed by atoms with Gasteiger partial charge in [0.05, 0.1) is 0 Å². The van der Waals surface area contributed by atoms with E-state index in [1.807, 2.05) is 0 Å².